The summed E-state index contributed by atoms with van der Waals surface area (Å²) in [5.41, 5.74) is -0.128. The van der Waals surface area contributed by atoms with E-state index >= 15 is 0 Å². The molecule has 22 heavy (non-hydrogen) atoms. The Morgan fingerprint density at radius 3 is 2.95 bits per heavy atom. The molecule has 1 unspecified atom stereocenters. The molecule has 0 spiro atoms. The molecule has 1 aromatic heterocycles. The van der Waals surface area contributed by atoms with Gasteiger partial charge < -0.3 is 24.5 Å². The first-order chi connectivity index (χ1) is 10.7. The SMILES string of the molecule is COCCNC(=NCC1(C)CCCO1)NCCc1ccco1. The molecule has 0 aromatic carbocycles. The number of hydrogen-bond acceptors (Lipinski definition) is 4. The van der Waals surface area contributed by atoms with E-state index in [4.69, 9.17) is 13.9 Å². The average molecular weight is 309 g/mol. The highest BCUT2D eigenvalue weighted by Gasteiger charge is 2.29. The molecule has 0 amide bonds. The van der Waals surface area contributed by atoms with Crippen molar-refractivity contribution in [2.45, 2.75) is 31.8 Å². The van der Waals surface area contributed by atoms with E-state index in [9.17, 15) is 0 Å². The molecule has 1 aliphatic rings. The number of rotatable bonds is 8. The van der Waals surface area contributed by atoms with Crippen molar-refractivity contribution in [2.75, 3.05) is 40.0 Å². The van der Waals surface area contributed by atoms with Gasteiger partial charge in [-0.15, -0.1) is 0 Å². The van der Waals surface area contributed by atoms with Crippen molar-refractivity contribution in [1.29, 1.82) is 0 Å². The topological polar surface area (TPSA) is 68.0 Å². The van der Waals surface area contributed by atoms with Crippen LogP contribution in [0.25, 0.3) is 0 Å². The second-order valence-corrected chi connectivity index (χ2v) is 5.74. The Hall–Kier alpha value is -1.53. The molecule has 124 valence electrons. The van der Waals surface area contributed by atoms with Crippen molar-refractivity contribution in [1.82, 2.24) is 10.6 Å². The third kappa shape index (κ3) is 5.69. The molecule has 0 radical (unpaired) electrons. The largest absolute Gasteiger partial charge is 0.469 e. The first-order valence-corrected chi connectivity index (χ1v) is 7.89. The zero-order valence-corrected chi connectivity index (χ0v) is 13.6. The molecule has 1 atom stereocenters. The fourth-order valence-corrected chi connectivity index (χ4v) is 2.41. The van der Waals surface area contributed by atoms with Gasteiger partial charge in [-0.1, -0.05) is 0 Å². The van der Waals surface area contributed by atoms with Crippen LogP contribution >= 0.6 is 0 Å². The van der Waals surface area contributed by atoms with Crippen LogP contribution in [0.3, 0.4) is 0 Å². The van der Waals surface area contributed by atoms with Crippen molar-refractivity contribution in [2.24, 2.45) is 4.99 Å². The lowest BCUT2D eigenvalue weighted by Crippen LogP contribution is -2.41. The standard InChI is InChI=1S/C16H27N3O3/c1-16(7-4-11-22-16)13-19-15(18-9-12-20-2)17-8-6-14-5-3-10-21-14/h3,5,10H,4,6-9,11-13H2,1-2H3,(H2,17,18,19). The van der Waals surface area contributed by atoms with Crippen LogP contribution in [0.2, 0.25) is 0 Å². The highest BCUT2D eigenvalue weighted by molar-refractivity contribution is 5.79. The summed E-state index contributed by atoms with van der Waals surface area (Å²) in [7, 11) is 1.69. The second-order valence-electron chi connectivity index (χ2n) is 5.74. The molecular weight excluding hydrogens is 282 g/mol. The molecule has 2 heterocycles. The van der Waals surface area contributed by atoms with E-state index in [1.807, 2.05) is 12.1 Å². The zero-order valence-electron chi connectivity index (χ0n) is 13.6. The smallest absolute Gasteiger partial charge is 0.191 e. The Morgan fingerprint density at radius 2 is 2.27 bits per heavy atom. The summed E-state index contributed by atoms with van der Waals surface area (Å²) in [5, 5.41) is 6.60. The van der Waals surface area contributed by atoms with Gasteiger partial charge in [-0.3, -0.25) is 4.99 Å². The van der Waals surface area contributed by atoms with Crippen LogP contribution in [0.5, 0.6) is 0 Å². The predicted octanol–water partition coefficient (Wildman–Crippen LogP) is 1.57. The minimum absolute atomic E-state index is 0.128. The number of nitrogens with one attached hydrogen (secondary N) is 2. The first-order valence-electron chi connectivity index (χ1n) is 7.89. The van der Waals surface area contributed by atoms with Crippen molar-refractivity contribution in [3.05, 3.63) is 24.2 Å². The van der Waals surface area contributed by atoms with Gasteiger partial charge in [0.15, 0.2) is 5.96 Å². The lowest BCUT2D eigenvalue weighted by molar-refractivity contribution is 0.0283. The molecule has 6 nitrogen and oxygen atoms in total. The van der Waals surface area contributed by atoms with Gasteiger partial charge in [-0.25, -0.2) is 0 Å². The highest BCUT2D eigenvalue weighted by Crippen LogP contribution is 2.24. The van der Waals surface area contributed by atoms with Crippen LogP contribution in [0.4, 0.5) is 0 Å². The van der Waals surface area contributed by atoms with E-state index in [1.165, 1.54) is 0 Å². The third-order valence-electron chi connectivity index (χ3n) is 3.71. The number of nitrogens with zero attached hydrogens (tertiary/aromatic N) is 1. The van der Waals surface area contributed by atoms with Gasteiger partial charge in [-0.2, -0.15) is 0 Å². The minimum atomic E-state index is -0.128. The van der Waals surface area contributed by atoms with E-state index in [0.717, 1.165) is 50.7 Å². The fourth-order valence-electron chi connectivity index (χ4n) is 2.41. The molecule has 1 aromatic rings. The van der Waals surface area contributed by atoms with Crippen molar-refractivity contribution < 1.29 is 13.9 Å². The Labute approximate surface area is 132 Å². The quantitative estimate of drug-likeness (QED) is 0.433. The van der Waals surface area contributed by atoms with Gasteiger partial charge in [0, 0.05) is 33.2 Å². The Kier molecular flexibility index (Phi) is 6.74. The molecule has 1 fully saturated rings. The molecule has 0 aliphatic carbocycles. The van der Waals surface area contributed by atoms with Gasteiger partial charge in [0.1, 0.15) is 5.76 Å². The Bertz CT molecular complexity index is 439. The zero-order chi connectivity index (χ0) is 15.7. The summed E-state index contributed by atoms with van der Waals surface area (Å²) >= 11 is 0. The van der Waals surface area contributed by atoms with Gasteiger partial charge in [0.2, 0.25) is 0 Å². The molecule has 2 N–H and O–H groups in total. The maximum atomic E-state index is 5.78. The third-order valence-corrected chi connectivity index (χ3v) is 3.71. The van der Waals surface area contributed by atoms with Crippen LogP contribution in [0.15, 0.2) is 27.8 Å². The number of hydrogen-bond donors (Lipinski definition) is 2. The van der Waals surface area contributed by atoms with E-state index in [2.05, 4.69) is 22.5 Å². The Morgan fingerprint density at radius 1 is 1.41 bits per heavy atom. The van der Waals surface area contributed by atoms with Gasteiger partial charge in [0.05, 0.1) is 25.0 Å². The normalized spacial score (nSPS) is 22.0. The summed E-state index contributed by atoms with van der Waals surface area (Å²) in [6, 6.07) is 3.88. The lowest BCUT2D eigenvalue weighted by Gasteiger charge is -2.21. The van der Waals surface area contributed by atoms with E-state index in [-0.39, 0.29) is 5.60 Å². The van der Waals surface area contributed by atoms with Crippen molar-refractivity contribution >= 4 is 5.96 Å². The van der Waals surface area contributed by atoms with Crippen molar-refractivity contribution in [3.8, 4) is 0 Å². The van der Waals surface area contributed by atoms with Crippen LogP contribution in [-0.4, -0.2) is 51.5 Å². The van der Waals surface area contributed by atoms with Crippen LogP contribution in [-0.2, 0) is 15.9 Å². The van der Waals surface area contributed by atoms with E-state index in [0.29, 0.717) is 13.2 Å². The summed E-state index contributed by atoms with van der Waals surface area (Å²) in [6.07, 6.45) is 4.70. The summed E-state index contributed by atoms with van der Waals surface area (Å²) in [5.74, 6) is 1.76. The molecule has 1 saturated heterocycles. The summed E-state index contributed by atoms with van der Waals surface area (Å²) in [6.45, 7) is 5.76. The minimum Gasteiger partial charge on any atom is -0.469 e. The maximum absolute atomic E-state index is 5.78. The van der Waals surface area contributed by atoms with Crippen molar-refractivity contribution in [3.63, 3.8) is 0 Å². The molecule has 2 rings (SSSR count). The molecule has 0 bridgehead atoms. The molecule has 0 saturated carbocycles. The molecular formula is C16H27N3O3. The highest BCUT2D eigenvalue weighted by atomic mass is 16.5. The summed E-state index contributed by atoms with van der Waals surface area (Å²) < 4.78 is 16.2. The molecule has 6 heteroatoms. The fraction of sp³-hybridized carbons (Fsp3) is 0.688. The first kappa shape index (κ1) is 16.8. The van der Waals surface area contributed by atoms with E-state index in [1.54, 1.807) is 13.4 Å². The number of methoxy groups -OCH3 is 1. The number of aliphatic imine (C=N–C) groups is 1. The maximum Gasteiger partial charge on any atom is 0.191 e. The van der Waals surface area contributed by atoms with Crippen LogP contribution in [0, 0.1) is 0 Å². The number of guanidine groups is 1. The Balaban J connectivity index is 1.81. The predicted molar refractivity (Wildman–Crippen MR) is 86.2 cm³/mol. The van der Waals surface area contributed by atoms with E-state index < -0.39 is 0 Å². The number of furan rings is 1. The number of ether oxygens (including phenoxy) is 2. The van der Waals surface area contributed by atoms with Gasteiger partial charge >= 0.3 is 0 Å². The van der Waals surface area contributed by atoms with Gasteiger partial charge in [0.25, 0.3) is 0 Å². The van der Waals surface area contributed by atoms with Crippen LogP contribution < -0.4 is 10.6 Å². The molecule has 1 aliphatic heterocycles. The van der Waals surface area contributed by atoms with Crippen LogP contribution in [0.1, 0.15) is 25.5 Å². The average Bonchev–Trinajstić information content (AvgIpc) is 3.17. The monoisotopic (exact) mass is 309 g/mol. The lowest BCUT2D eigenvalue weighted by atomic mass is 10.0. The second kappa shape index (κ2) is 8.80. The van der Waals surface area contributed by atoms with Gasteiger partial charge in [-0.05, 0) is 31.9 Å². The summed E-state index contributed by atoms with van der Waals surface area (Å²) in [4.78, 5) is 4.65.